The van der Waals surface area contributed by atoms with Crippen LogP contribution in [0.15, 0.2) is 18.2 Å². The molecule has 3 rings (SSSR count). The Bertz CT molecular complexity index is 701. The van der Waals surface area contributed by atoms with E-state index in [-0.39, 0.29) is 23.8 Å². The normalized spacial score (nSPS) is 25.6. The van der Waals surface area contributed by atoms with Crippen LogP contribution in [0.5, 0.6) is 0 Å². The number of carbonyl (C=O) groups excluding carboxylic acids is 3. The molecule has 0 radical (unpaired) electrons. The maximum absolute atomic E-state index is 12.9. The lowest BCUT2D eigenvalue weighted by Gasteiger charge is -2.39. The molecule has 0 unspecified atom stereocenters. The lowest BCUT2D eigenvalue weighted by molar-refractivity contribution is -0.119. The van der Waals surface area contributed by atoms with Gasteiger partial charge in [-0.3, -0.25) is 14.4 Å². The fourth-order valence-electron chi connectivity index (χ4n) is 3.83. The van der Waals surface area contributed by atoms with Gasteiger partial charge in [-0.15, -0.1) is 0 Å². The van der Waals surface area contributed by atoms with Gasteiger partial charge in [-0.05, 0) is 37.5 Å². The summed E-state index contributed by atoms with van der Waals surface area (Å²) in [5.74, 6) is -0.365. The molecule has 1 aromatic carbocycles. The molecule has 1 heterocycles. The Balaban J connectivity index is 1.84. The molecule has 128 valence electrons. The van der Waals surface area contributed by atoms with Gasteiger partial charge in [-0.2, -0.15) is 0 Å². The summed E-state index contributed by atoms with van der Waals surface area (Å²) in [5.41, 5.74) is 1.47. The predicted octanol–water partition coefficient (Wildman–Crippen LogP) is 1.88. The smallest absolute Gasteiger partial charge is 0.252 e. The minimum atomic E-state index is -0.483. The van der Waals surface area contributed by atoms with E-state index in [0.29, 0.717) is 17.7 Å². The number of carbonyl (C=O) groups is 3. The zero-order valence-corrected chi connectivity index (χ0v) is 14.1. The minimum absolute atomic E-state index is 0.00548. The molecule has 1 aliphatic heterocycles. The highest BCUT2D eigenvalue weighted by molar-refractivity contribution is 5.99. The molecule has 6 nitrogen and oxygen atoms in total. The van der Waals surface area contributed by atoms with E-state index in [1.165, 1.54) is 6.92 Å². The van der Waals surface area contributed by atoms with Gasteiger partial charge >= 0.3 is 0 Å². The summed E-state index contributed by atoms with van der Waals surface area (Å²) in [6, 6.07) is 5.29. The number of amides is 3. The van der Waals surface area contributed by atoms with Gasteiger partial charge in [0, 0.05) is 18.2 Å². The summed E-state index contributed by atoms with van der Waals surface area (Å²) in [6.45, 7) is 3.29. The standard InChI is InChI=1S/C18H23N3O3/c1-11-6-7-13(19-12(2)22)9-14(11)17(24)21-18-8-4-3-5-15(18)20-16(23)10-18/h6-7,9,15H,3-5,8,10H2,1-2H3,(H,19,22)(H,20,23)(H,21,24)/t15-,18+/m0/s1. The summed E-state index contributed by atoms with van der Waals surface area (Å²) < 4.78 is 0. The van der Waals surface area contributed by atoms with Crippen molar-refractivity contribution in [3.05, 3.63) is 29.3 Å². The van der Waals surface area contributed by atoms with Crippen molar-refractivity contribution < 1.29 is 14.4 Å². The fourth-order valence-corrected chi connectivity index (χ4v) is 3.83. The van der Waals surface area contributed by atoms with Gasteiger partial charge in [-0.1, -0.05) is 18.9 Å². The van der Waals surface area contributed by atoms with E-state index >= 15 is 0 Å². The summed E-state index contributed by atoms with van der Waals surface area (Å²) in [6.07, 6.45) is 4.13. The quantitative estimate of drug-likeness (QED) is 0.791. The van der Waals surface area contributed by atoms with Crippen molar-refractivity contribution >= 4 is 23.4 Å². The summed E-state index contributed by atoms with van der Waals surface area (Å²) >= 11 is 0. The number of benzene rings is 1. The molecule has 2 fully saturated rings. The van der Waals surface area contributed by atoms with Crippen molar-refractivity contribution in [2.75, 3.05) is 5.32 Å². The molecule has 0 bridgehead atoms. The van der Waals surface area contributed by atoms with Crippen molar-refractivity contribution in [2.24, 2.45) is 0 Å². The van der Waals surface area contributed by atoms with Gasteiger partial charge in [0.2, 0.25) is 11.8 Å². The Labute approximate surface area is 141 Å². The Morgan fingerprint density at radius 3 is 2.83 bits per heavy atom. The second-order valence-corrected chi connectivity index (χ2v) is 6.86. The molecule has 24 heavy (non-hydrogen) atoms. The van der Waals surface area contributed by atoms with E-state index in [0.717, 1.165) is 31.2 Å². The molecular weight excluding hydrogens is 306 g/mol. The molecule has 1 aliphatic carbocycles. The number of hydrogen-bond donors (Lipinski definition) is 3. The number of hydrogen-bond acceptors (Lipinski definition) is 3. The van der Waals surface area contributed by atoms with E-state index in [4.69, 9.17) is 0 Å². The topological polar surface area (TPSA) is 87.3 Å². The van der Waals surface area contributed by atoms with Gasteiger partial charge in [0.25, 0.3) is 5.91 Å². The minimum Gasteiger partial charge on any atom is -0.351 e. The van der Waals surface area contributed by atoms with Crippen LogP contribution in [0.4, 0.5) is 5.69 Å². The molecule has 1 saturated carbocycles. The highest BCUT2D eigenvalue weighted by Crippen LogP contribution is 2.36. The van der Waals surface area contributed by atoms with E-state index in [1.807, 2.05) is 13.0 Å². The molecule has 3 N–H and O–H groups in total. The van der Waals surface area contributed by atoms with Crippen LogP contribution in [-0.4, -0.2) is 29.3 Å². The second-order valence-electron chi connectivity index (χ2n) is 6.86. The third-order valence-corrected chi connectivity index (χ3v) is 5.01. The van der Waals surface area contributed by atoms with Gasteiger partial charge in [-0.25, -0.2) is 0 Å². The number of nitrogens with one attached hydrogen (secondary N) is 3. The van der Waals surface area contributed by atoms with Crippen LogP contribution in [0.1, 0.15) is 54.9 Å². The lowest BCUT2D eigenvalue weighted by Crippen LogP contribution is -2.57. The molecule has 0 spiro atoms. The average molecular weight is 329 g/mol. The van der Waals surface area contributed by atoms with E-state index in [2.05, 4.69) is 16.0 Å². The third-order valence-electron chi connectivity index (χ3n) is 5.01. The first-order chi connectivity index (χ1) is 11.4. The molecule has 2 atom stereocenters. The van der Waals surface area contributed by atoms with Crippen molar-refractivity contribution in [3.63, 3.8) is 0 Å². The van der Waals surface area contributed by atoms with Crippen LogP contribution in [0.3, 0.4) is 0 Å². The molecule has 0 aromatic heterocycles. The number of aryl methyl sites for hydroxylation is 1. The summed E-state index contributed by atoms with van der Waals surface area (Å²) in [4.78, 5) is 35.9. The average Bonchev–Trinajstić information content (AvgIpc) is 2.84. The monoisotopic (exact) mass is 329 g/mol. The first kappa shape index (κ1) is 16.5. The van der Waals surface area contributed by atoms with Crippen molar-refractivity contribution in [1.82, 2.24) is 10.6 Å². The van der Waals surface area contributed by atoms with Crippen LogP contribution in [0, 0.1) is 6.92 Å². The maximum atomic E-state index is 12.9. The zero-order chi connectivity index (χ0) is 17.3. The molecule has 2 aliphatic rings. The number of anilines is 1. The van der Waals surface area contributed by atoms with Gasteiger partial charge in [0.05, 0.1) is 18.0 Å². The largest absolute Gasteiger partial charge is 0.351 e. The van der Waals surface area contributed by atoms with Gasteiger partial charge < -0.3 is 16.0 Å². The first-order valence-electron chi connectivity index (χ1n) is 8.40. The summed E-state index contributed by atoms with van der Waals surface area (Å²) in [5, 5.41) is 8.82. The second kappa shape index (κ2) is 6.26. The van der Waals surface area contributed by atoms with E-state index in [9.17, 15) is 14.4 Å². The fraction of sp³-hybridized carbons (Fsp3) is 0.500. The van der Waals surface area contributed by atoms with Gasteiger partial charge in [0.15, 0.2) is 0 Å². The Morgan fingerprint density at radius 2 is 2.08 bits per heavy atom. The molecule has 6 heteroatoms. The van der Waals surface area contributed by atoms with E-state index in [1.54, 1.807) is 12.1 Å². The van der Waals surface area contributed by atoms with Gasteiger partial charge in [0.1, 0.15) is 0 Å². The highest BCUT2D eigenvalue weighted by atomic mass is 16.2. The highest BCUT2D eigenvalue weighted by Gasteiger charge is 2.49. The third kappa shape index (κ3) is 3.13. The van der Waals surface area contributed by atoms with Crippen molar-refractivity contribution in [2.45, 2.75) is 57.5 Å². The first-order valence-corrected chi connectivity index (χ1v) is 8.40. The van der Waals surface area contributed by atoms with Crippen LogP contribution in [0.2, 0.25) is 0 Å². The predicted molar refractivity (Wildman–Crippen MR) is 90.7 cm³/mol. The van der Waals surface area contributed by atoms with Crippen LogP contribution < -0.4 is 16.0 Å². The molecule has 3 amide bonds. The Hall–Kier alpha value is -2.37. The lowest BCUT2D eigenvalue weighted by atomic mass is 9.77. The zero-order valence-electron chi connectivity index (χ0n) is 14.1. The van der Waals surface area contributed by atoms with Crippen LogP contribution >= 0.6 is 0 Å². The van der Waals surface area contributed by atoms with E-state index < -0.39 is 5.54 Å². The number of fused-ring (bicyclic) bond motifs is 1. The van der Waals surface area contributed by atoms with Crippen LogP contribution in [0.25, 0.3) is 0 Å². The van der Waals surface area contributed by atoms with Crippen LogP contribution in [-0.2, 0) is 9.59 Å². The molecular formula is C18H23N3O3. The van der Waals surface area contributed by atoms with Crippen molar-refractivity contribution in [3.8, 4) is 0 Å². The molecule has 1 aromatic rings. The van der Waals surface area contributed by atoms with Crippen molar-refractivity contribution in [1.29, 1.82) is 0 Å². The number of rotatable bonds is 3. The summed E-state index contributed by atoms with van der Waals surface area (Å²) in [7, 11) is 0. The maximum Gasteiger partial charge on any atom is 0.252 e. The molecule has 1 saturated heterocycles. The Morgan fingerprint density at radius 1 is 1.29 bits per heavy atom. The SMILES string of the molecule is CC(=O)Nc1ccc(C)c(C(=O)N[C@@]23CCCC[C@@H]2NC(=O)C3)c1. The Kier molecular flexibility index (Phi) is 4.30.